The Balaban J connectivity index is 3.03. The van der Waals surface area contributed by atoms with Crippen molar-refractivity contribution in [2.24, 2.45) is 0 Å². The molecule has 0 heterocycles. The van der Waals surface area contributed by atoms with Gasteiger partial charge in [0.15, 0.2) is 0 Å². The molecule has 0 spiro atoms. The number of hydrogen-bond acceptors (Lipinski definition) is 3. The van der Waals surface area contributed by atoms with Crippen LogP contribution in [0.1, 0.15) is 33.1 Å². The summed E-state index contributed by atoms with van der Waals surface area (Å²) in [5, 5.41) is 0. The van der Waals surface area contributed by atoms with Crippen molar-refractivity contribution in [3.63, 3.8) is 0 Å². The van der Waals surface area contributed by atoms with E-state index in [4.69, 9.17) is 9.47 Å². The van der Waals surface area contributed by atoms with Crippen LogP contribution in [0, 0.1) is 0 Å². The van der Waals surface area contributed by atoms with Gasteiger partial charge in [0.1, 0.15) is 0 Å². The fraction of sp³-hybridized carbons (Fsp3) is 0.889. The van der Waals surface area contributed by atoms with E-state index in [9.17, 15) is 4.79 Å². The molecule has 0 fully saturated rings. The average molecular weight is 174 g/mol. The summed E-state index contributed by atoms with van der Waals surface area (Å²) in [6, 6.07) is 0. The van der Waals surface area contributed by atoms with E-state index in [1.807, 2.05) is 13.8 Å². The van der Waals surface area contributed by atoms with Crippen LogP contribution in [0.2, 0.25) is 0 Å². The van der Waals surface area contributed by atoms with E-state index in [0.29, 0.717) is 13.0 Å². The summed E-state index contributed by atoms with van der Waals surface area (Å²) in [5.74, 6) is -0.103. The molecule has 12 heavy (non-hydrogen) atoms. The number of hydrogen-bond donors (Lipinski definition) is 0. The molecule has 0 radical (unpaired) electrons. The van der Waals surface area contributed by atoms with Gasteiger partial charge in [0.05, 0.1) is 6.61 Å². The summed E-state index contributed by atoms with van der Waals surface area (Å²) < 4.78 is 9.89. The van der Waals surface area contributed by atoms with Gasteiger partial charge >= 0.3 is 5.97 Å². The van der Waals surface area contributed by atoms with Crippen LogP contribution in [0.15, 0.2) is 0 Å². The Morgan fingerprint density at radius 3 is 2.50 bits per heavy atom. The van der Waals surface area contributed by atoms with Crippen LogP contribution < -0.4 is 0 Å². The first-order valence-electron chi connectivity index (χ1n) is 4.54. The van der Waals surface area contributed by atoms with Gasteiger partial charge in [-0.1, -0.05) is 0 Å². The third-order valence-corrected chi connectivity index (χ3v) is 1.43. The van der Waals surface area contributed by atoms with E-state index in [-0.39, 0.29) is 5.97 Å². The Hall–Kier alpha value is -0.570. The summed E-state index contributed by atoms with van der Waals surface area (Å²) in [6.45, 7) is 5.75. The fourth-order valence-corrected chi connectivity index (χ4v) is 0.851. The van der Waals surface area contributed by atoms with Crippen molar-refractivity contribution < 1.29 is 14.3 Å². The van der Waals surface area contributed by atoms with Crippen LogP contribution in [-0.4, -0.2) is 25.8 Å². The molecule has 0 aliphatic rings. The van der Waals surface area contributed by atoms with Gasteiger partial charge in [0, 0.05) is 19.6 Å². The van der Waals surface area contributed by atoms with E-state index in [1.165, 1.54) is 0 Å². The molecule has 0 unspecified atom stereocenters. The molecule has 0 aromatic heterocycles. The monoisotopic (exact) mass is 174 g/mol. The first kappa shape index (κ1) is 11.4. The molecule has 0 aromatic carbocycles. The molecule has 72 valence electrons. The van der Waals surface area contributed by atoms with Crippen molar-refractivity contribution in [3.8, 4) is 0 Å². The maximum absolute atomic E-state index is 10.8. The van der Waals surface area contributed by atoms with Gasteiger partial charge in [-0.2, -0.15) is 0 Å². The molecule has 0 saturated carbocycles. The predicted octanol–water partition coefficient (Wildman–Crippen LogP) is 1.76. The molecule has 0 saturated heterocycles. The SMILES string of the molecule is CCOCCCCC(=O)OCC. The highest BCUT2D eigenvalue weighted by Gasteiger charge is 1.99. The quantitative estimate of drug-likeness (QED) is 0.436. The Labute approximate surface area is 74.0 Å². The largest absolute Gasteiger partial charge is 0.466 e. The maximum atomic E-state index is 10.8. The number of unbranched alkanes of at least 4 members (excludes halogenated alkanes) is 1. The fourth-order valence-electron chi connectivity index (χ4n) is 0.851. The molecule has 0 N–H and O–H groups in total. The minimum atomic E-state index is -0.103. The zero-order valence-corrected chi connectivity index (χ0v) is 7.97. The lowest BCUT2D eigenvalue weighted by molar-refractivity contribution is -0.143. The van der Waals surface area contributed by atoms with Gasteiger partial charge in [-0.25, -0.2) is 0 Å². The highest BCUT2D eigenvalue weighted by atomic mass is 16.5. The lowest BCUT2D eigenvalue weighted by Crippen LogP contribution is -2.04. The van der Waals surface area contributed by atoms with Crippen LogP contribution in [-0.2, 0) is 14.3 Å². The molecule has 3 nitrogen and oxygen atoms in total. The van der Waals surface area contributed by atoms with Crippen molar-refractivity contribution in [1.29, 1.82) is 0 Å². The van der Waals surface area contributed by atoms with Gasteiger partial charge in [-0.05, 0) is 26.7 Å². The van der Waals surface area contributed by atoms with E-state index in [1.54, 1.807) is 0 Å². The lowest BCUT2D eigenvalue weighted by Gasteiger charge is -2.01. The average Bonchev–Trinajstić information content (AvgIpc) is 2.05. The second-order valence-corrected chi connectivity index (χ2v) is 2.46. The molecule has 0 aromatic rings. The number of carbonyl (C=O) groups excluding carboxylic acids is 1. The zero-order chi connectivity index (χ0) is 9.23. The van der Waals surface area contributed by atoms with E-state index < -0.39 is 0 Å². The van der Waals surface area contributed by atoms with Gasteiger partial charge < -0.3 is 9.47 Å². The van der Waals surface area contributed by atoms with Gasteiger partial charge in [-0.3, -0.25) is 4.79 Å². The molecule has 0 rings (SSSR count). The Morgan fingerprint density at radius 1 is 1.17 bits per heavy atom. The molecule has 0 bridgehead atoms. The number of ether oxygens (including phenoxy) is 2. The Bertz CT molecular complexity index is 112. The second kappa shape index (κ2) is 8.53. The lowest BCUT2D eigenvalue weighted by atomic mass is 10.2. The molecule has 0 amide bonds. The van der Waals surface area contributed by atoms with Crippen molar-refractivity contribution in [2.45, 2.75) is 33.1 Å². The summed E-state index contributed by atoms with van der Waals surface area (Å²) in [7, 11) is 0. The molecule has 0 atom stereocenters. The van der Waals surface area contributed by atoms with E-state index in [0.717, 1.165) is 26.1 Å². The smallest absolute Gasteiger partial charge is 0.305 e. The van der Waals surface area contributed by atoms with Crippen LogP contribution in [0.25, 0.3) is 0 Å². The van der Waals surface area contributed by atoms with E-state index in [2.05, 4.69) is 0 Å². The first-order valence-corrected chi connectivity index (χ1v) is 4.54. The summed E-state index contributed by atoms with van der Waals surface area (Å²) in [4.78, 5) is 10.8. The zero-order valence-electron chi connectivity index (χ0n) is 7.97. The van der Waals surface area contributed by atoms with Crippen LogP contribution in [0.3, 0.4) is 0 Å². The van der Waals surface area contributed by atoms with Gasteiger partial charge in [-0.15, -0.1) is 0 Å². The minimum Gasteiger partial charge on any atom is -0.466 e. The Morgan fingerprint density at radius 2 is 1.92 bits per heavy atom. The van der Waals surface area contributed by atoms with Crippen molar-refractivity contribution >= 4 is 5.97 Å². The summed E-state index contributed by atoms with van der Waals surface area (Å²) in [5.41, 5.74) is 0. The molecular formula is C9H18O3. The predicted molar refractivity (Wildman–Crippen MR) is 47.0 cm³/mol. The normalized spacial score (nSPS) is 9.83. The topological polar surface area (TPSA) is 35.5 Å². The Kier molecular flexibility index (Phi) is 8.12. The van der Waals surface area contributed by atoms with Gasteiger partial charge in [0.2, 0.25) is 0 Å². The van der Waals surface area contributed by atoms with Crippen LogP contribution in [0.5, 0.6) is 0 Å². The molecular weight excluding hydrogens is 156 g/mol. The number of carbonyl (C=O) groups is 1. The standard InChI is InChI=1S/C9H18O3/c1-3-11-8-6-5-7-9(10)12-4-2/h3-8H2,1-2H3. The highest BCUT2D eigenvalue weighted by Crippen LogP contribution is 1.97. The minimum absolute atomic E-state index is 0.103. The summed E-state index contributed by atoms with van der Waals surface area (Å²) in [6.07, 6.45) is 2.31. The van der Waals surface area contributed by atoms with E-state index >= 15 is 0 Å². The van der Waals surface area contributed by atoms with Crippen LogP contribution in [0.4, 0.5) is 0 Å². The third kappa shape index (κ3) is 7.54. The number of esters is 1. The van der Waals surface area contributed by atoms with Crippen molar-refractivity contribution in [3.05, 3.63) is 0 Å². The third-order valence-electron chi connectivity index (χ3n) is 1.43. The highest BCUT2D eigenvalue weighted by molar-refractivity contribution is 5.69. The summed E-state index contributed by atoms with van der Waals surface area (Å²) >= 11 is 0. The first-order chi connectivity index (χ1) is 5.81. The maximum Gasteiger partial charge on any atom is 0.305 e. The van der Waals surface area contributed by atoms with Crippen molar-refractivity contribution in [1.82, 2.24) is 0 Å². The molecule has 0 aliphatic heterocycles. The molecule has 0 aliphatic carbocycles. The van der Waals surface area contributed by atoms with Crippen molar-refractivity contribution in [2.75, 3.05) is 19.8 Å². The molecule has 3 heteroatoms. The van der Waals surface area contributed by atoms with Gasteiger partial charge in [0.25, 0.3) is 0 Å². The number of rotatable bonds is 7. The second-order valence-electron chi connectivity index (χ2n) is 2.46. The van der Waals surface area contributed by atoms with Crippen LogP contribution >= 0.6 is 0 Å².